The zero-order chi connectivity index (χ0) is 53.9. The van der Waals surface area contributed by atoms with Crippen LogP contribution in [-0.2, 0) is 27.4 Å². The second kappa shape index (κ2) is 17.1. The Morgan fingerprint density at radius 3 is 2.28 bits per heavy atom. The van der Waals surface area contributed by atoms with Crippen LogP contribution in [-0.4, -0.2) is 9.55 Å². The predicted octanol–water partition coefficient (Wildman–Crippen LogP) is 15.9. The van der Waals surface area contributed by atoms with Gasteiger partial charge >= 0.3 is 0 Å². The van der Waals surface area contributed by atoms with Crippen LogP contribution < -0.4 is 19.3 Å². The minimum atomic E-state index is -2.91. The van der Waals surface area contributed by atoms with Gasteiger partial charge in [-0.15, -0.1) is 48.1 Å². The van der Waals surface area contributed by atoms with E-state index in [2.05, 4.69) is 17.0 Å². The van der Waals surface area contributed by atoms with Crippen LogP contribution in [0.2, 0.25) is 0 Å². The van der Waals surface area contributed by atoms with Crippen LogP contribution in [0.25, 0.3) is 61.0 Å². The Hall–Kier alpha value is -7.40. The summed E-state index contributed by atoms with van der Waals surface area (Å²) in [6, 6.07) is 51.4. The van der Waals surface area contributed by atoms with Crippen LogP contribution in [0.5, 0.6) is 23.0 Å². The summed E-state index contributed by atoms with van der Waals surface area (Å²) in [6.45, 7) is 0.0523. The molecule has 13 rings (SSSR count). The zero-order valence-electron chi connectivity index (χ0n) is 47.1. The first-order chi connectivity index (χ1) is 36.8. The van der Waals surface area contributed by atoms with Gasteiger partial charge < -0.3 is 23.8 Å². The first-order valence-corrected chi connectivity index (χ1v) is 21.6. The fourth-order valence-electron chi connectivity index (χ4n) is 9.02. The molecule has 5 heterocycles. The predicted molar refractivity (Wildman–Crippen MR) is 269 cm³/mol. The van der Waals surface area contributed by atoms with Crippen LogP contribution >= 0.6 is 0 Å². The molecule has 2 aromatic heterocycles. The molecule has 6 nitrogen and oxygen atoms in total. The maximum Gasteiger partial charge on any atom is 0.135 e. The van der Waals surface area contributed by atoms with Gasteiger partial charge in [-0.25, -0.2) is 4.98 Å². The summed E-state index contributed by atoms with van der Waals surface area (Å²) >= 11 is 0. The van der Waals surface area contributed by atoms with E-state index in [1.54, 1.807) is 48.5 Å². The number of aryl methyl sites for hydroxylation is 1. The smallest absolute Gasteiger partial charge is 0.135 e. The molecule has 0 unspecified atom stereocenters. The Labute approximate surface area is 421 Å². The van der Waals surface area contributed by atoms with Crippen molar-refractivity contribution in [3.05, 3.63) is 211 Å². The van der Waals surface area contributed by atoms with Gasteiger partial charge in [0.05, 0.1) is 4.11 Å². The van der Waals surface area contributed by atoms with Crippen molar-refractivity contribution in [2.75, 3.05) is 9.80 Å². The molecule has 0 spiro atoms. The Kier molecular flexibility index (Phi) is 8.04. The van der Waals surface area contributed by atoms with Crippen LogP contribution in [0.1, 0.15) is 45.6 Å². The molecule has 67 heavy (non-hydrogen) atoms. The number of rotatable bonds is 3. The molecule has 0 atom stereocenters. The normalized spacial score (nSPS) is 15.7. The molecule has 0 radical (unpaired) electrons. The van der Waals surface area contributed by atoms with Crippen molar-refractivity contribution in [3.63, 3.8) is 0 Å². The molecule has 0 fully saturated rings. The van der Waals surface area contributed by atoms with Gasteiger partial charge in [0.2, 0.25) is 0 Å². The number of fused-ring (bicyclic) bond motifs is 5. The van der Waals surface area contributed by atoms with Crippen LogP contribution in [0.3, 0.4) is 0 Å². The zero-order valence-corrected chi connectivity index (χ0v) is 38.4. The standard InChI is InChI=1S/C60H45N4O2.Pt/c1-38(2)28-41-31-50(42-14-6-5-7-15-42)60-51(32-41)43-16-12-18-45(33-43)66-58-23-11-8-20-49(58)53-36-61-59(30-40(53)4)64-54-27-24-39(3)29-52(54)48-26-25-47(35-57(48)64)65-46-19-13-17-44(34-46)62-37-63(60)56-22-10-9-21-55(56)62;/h5-27,29-33,36-38H,28H2,1-4H3;/q-3;/i3D3,4D3,24D,27D,28D2,29D;. The first kappa shape index (κ1) is 31.5. The van der Waals surface area contributed by atoms with E-state index < -0.39 is 43.8 Å². The summed E-state index contributed by atoms with van der Waals surface area (Å²) in [5.41, 5.74) is 6.62. The average Bonchev–Trinajstić information content (AvgIpc) is 4.20. The van der Waals surface area contributed by atoms with Crippen molar-refractivity contribution in [3.8, 4) is 62.2 Å². The van der Waals surface area contributed by atoms with Gasteiger partial charge in [-0.05, 0) is 108 Å². The molecule has 3 aliphatic heterocycles. The van der Waals surface area contributed by atoms with Crippen molar-refractivity contribution >= 4 is 44.6 Å². The largest absolute Gasteiger partial charge is 0.509 e. The fraction of sp³-hybridized carbons (Fsp3) is 0.100. The summed E-state index contributed by atoms with van der Waals surface area (Å²) < 4.78 is 113. The van der Waals surface area contributed by atoms with Gasteiger partial charge in [-0.3, -0.25) is 0 Å². The van der Waals surface area contributed by atoms with Crippen molar-refractivity contribution in [2.24, 2.45) is 5.92 Å². The second-order valence-electron chi connectivity index (χ2n) is 16.5. The Morgan fingerprint density at radius 1 is 0.687 bits per heavy atom. The number of anilines is 4. The number of pyridine rings is 1. The van der Waals surface area contributed by atoms with Crippen molar-refractivity contribution in [2.45, 2.75) is 33.9 Å². The minimum Gasteiger partial charge on any atom is -0.509 e. The summed E-state index contributed by atoms with van der Waals surface area (Å²) in [5.74, 6) is 0.792. The van der Waals surface area contributed by atoms with Crippen LogP contribution in [0.15, 0.2) is 176 Å². The van der Waals surface area contributed by atoms with Gasteiger partial charge in [-0.2, -0.15) is 12.1 Å². The maximum absolute atomic E-state index is 9.47. The van der Waals surface area contributed by atoms with E-state index in [1.807, 2.05) is 122 Å². The van der Waals surface area contributed by atoms with E-state index in [4.69, 9.17) is 24.1 Å². The van der Waals surface area contributed by atoms with Gasteiger partial charge in [0.15, 0.2) is 0 Å². The summed E-state index contributed by atoms with van der Waals surface area (Å²) in [6.07, 6.45) is -0.338. The molecular weight excluding hydrogens is 1000 g/mol. The average molecular weight is 1060 g/mol. The summed E-state index contributed by atoms with van der Waals surface area (Å²) in [7, 11) is 0. The molecule has 0 aliphatic carbocycles. The minimum absolute atomic E-state index is 0. The maximum atomic E-state index is 9.47. The molecule has 10 aromatic rings. The molecule has 0 amide bonds. The molecule has 0 N–H and O–H groups in total. The van der Waals surface area contributed by atoms with E-state index in [0.29, 0.717) is 44.8 Å². The van der Waals surface area contributed by atoms with Crippen molar-refractivity contribution in [1.82, 2.24) is 9.55 Å². The van der Waals surface area contributed by atoms with Crippen molar-refractivity contribution in [1.29, 1.82) is 0 Å². The monoisotopic (exact) mass is 1060 g/mol. The van der Waals surface area contributed by atoms with E-state index in [9.17, 15) is 5.48 Å². The molecule has 10 bridgehead atoms. The number of nitrogens with zero attached hydrogens (tertiary/aromatic N) is 4. The first-order valence-electron chi connectivity index (χ1n) is 27.1. The van der Waals surface area contributed by atoms with E-state index in [-0.39, 0.29) is 71.8 Å². The summed E-state index contributed by atoms with van der Waals surface area (Å²) in [4.78, 5) is 8.95. The number of aromatic nitrogens is 2. The number of para-hydroxylation sites is 3. The Morgan fingerprint density at radius 2 is 1.45 bits per heavy atom. The Balaban J connectivity index is 0.00000645. The molecule has 0 saturated heterocycles. The van der Waals surface area contributed by atoms with Crippen molar-refractivity contribution < 1.29 is 45.6 Å². The van der Waals surface area contributed by atoms with Gasteiger partial charge in [-0.1, -0.05) is 110 Å². The van der Waals surface area contributed by atoms with Crippen LogP contribution in [0, 0.1) is 38.4 Å². The number of benzene rings is 8. The third kappa shape index (κ3) is 7.56. The fourth-order valence-corrected chi connectivity index (χ4v) is 9.02. The SMILES string of the molecule is [2H]c1c(C([2H])([2H])[2H])c([2H])c2c3ccc4[c-]c3n(c2c1[2H])-c1cc(C([2H])([2H])[2H])c(cn1)-c1ccccc1Oc1cccc(c1)-c1cc(C([2H])([2H])C(C)C)cc(-c2ccccc2)c1N1[CH-]N(c2[c-]c(ccc2)O4)c2ccccc21.[Pt]. The third-order valence-electron chi connectivity index (χ3n) is 11.8. The van der Waals surface area contributed by atoms with E-state index in [1.165, 1.54) is 16.8 Å². The molecule has 3 aliphatic rings. The second-order valence-corrected chi connectivity index (χ2v) is 16.5. The quantitative estimate of drug-likeness (QED) is 0.165. The molecule has 7 heteroatoms. The van der Waals surface area contributed by atoms with E-state index in [0.717, 1.165) is 28.2 Å². The number of hydrogen-bond donors (Lipinski definition) is 0. The van der Waals surface area contributed by atoms with Gasteiger partial charge in [0.1, 0.15) is 17.3 Å². The third-order valence-corrected chi connectivity index (χ3v) is 11.8. The Bertz CT molecular complexity index is 4030. The number of hydrogen-bond acceptors (Lipinski definition) is 5. The molecule has 0 saturated carbocycles. The molecule has 330 valence electrons. The molecular formula is C60H45N4O2Pt-3. The van der Waals surface area contributed by atoms with Crippen LogP contribution in [0.4, 0.5) is 22.7 Å². The summed E-state index contributed by atoms with van der Waals surface area (Å²) in [5, 5.41) is 0.347. The van der Waals surface area contributed by atoms with Gasteiger partial charge in [0.25, 0.3) is 0 Å². The topological polar surface area (TPSA) is 42.8 Å². The van der Waals surface area contributed by atoms with Gasteiger partial charge in [0, 0.05) is 94.6 Å². The number of ether oxygens (including phenoxy) is 2. The molecule has 8 aromatic carbocycles. The van der Waals surface area contributed by atoms with E-state index >= 15 is 0 Å².